The van der Waals surface area contributed by atoms with Crippen LogP contribution in [0, 0.1) is 23.6 Å². The zero-order valence-corrected chi connectivity index (χ0v) is 17.5. The van der Waals surface area contributed by atoms with Crippen LogP contribution in [-0.4, -0.2) is 0 Å². The molecule has 0 aromatic heterocycles. The lowest BCUT2D eigenvalue weighted by atomic mass is 9.72. The fourth-order valence-electron chi connectivity index (χ4n) is 4.82. The van der Waals surface area contributed by atoms with Gasteiger partial charge in [-0.05, 0) is 60.3 Å². The zero-order chi connectivity index (χ0) is 19.1. The van der Waals surface area contributed by atoms with Gasteiger partial charge in [0.2, 0.25) is 0 Å². The first kappa shape index (κ1) is 20.6. The van der Waals surface area contributed by atoms with E-state index in [1.54, 1.807) is 12.1 Å². The van der Waals surface area contributed by atoms with Crippen molar-refractivity contribution in [3.05, 3.63) is 52.8 Å². The molecule has 0 N–H and O–H groups in total. The van der Waals surface area contributed by atoms with Crippen LogP contribution in [0.5, 0.6) is 0 Å². The van der Waals surface area contributed by atoms with Crippen LogP contribution in [0.4, 0.5) is 4.39 Å². The molecule has 0 spiro atoms. The van der Waals surface area contributed by atoms with Crippen LogP contribution in [0.1, 0.15) is 83.1 Å². The minimum absolute atomic E-state index is 0.194. The Labute approximate surface area is 169 Å². The molecule has 148 valence electrons. The zero-order valence-electron chi connectivity index (χ0n) is 16.7. The van der Waals surface area contributed by atoms with E-state index < -0.39 is 0 Å². The van der Waals surface area contributed by atoms with Crippen molar-refractivity contribution >= 4 is 17.2 Å². The Kier molecular flexibility index (Phi) is 8.00. The van der Waals surface area contributed by atoms with Gasteiger partial charge in [-0.2, -0.15) is 0 Å². The van der Waals surface area contributed by atoms with E-state index >= 15 is 0 Å². The van der Waals surface area contributed by atoms with E-state index in [4.69, 9.17) is 11.6 Å². The van der Waals surface area contributed by atoms with E-state index in [-0.39, 0.29) is 10.8 Å². The summed E-state index contributed by atoms with van der Waals surface area (Å²) in [5.41, 5.74) is 2.06. The number of hydrogen-bond acceptors (Lipinski definition) is 0. The normalized spacial score (nSPS) is 25.4. The van der Waals surface area contributed by atoms with Crippen LogP contribution >= 0.6 is 11.6 Å². The predicted molar refractivity (Wildman–Crippen MR) is 115 cm³/mol. The number of benzene rings is 1. The van der Waals surface area contributed by atoms with Crippen molar-refractivity contribution in [1.29, 1.82) is 0 Å². The maximum atomic E-state index is 13.7. The van der Waals surface area contributed by atoms with Crippen molar-refractivity contribution in [1.82, 2.24) is 0 Å². The summed E-state index contributed by atoms with van der Waals surface area (Å²) in [7, 11) is 0. The van der Waals surface area contributed by atoms with Gasteiger partial charge in [-0.15, -0.1) is 0 Å². The first-order valence-corrected chi connectivity index (χ1v) is 11.4. The Morgan fingerprint density at radius 1 is 1.04 bits per heavy atom. The summed E-state index contributed by atoms with van der Waals surface area (Å²) in [6.45, 7) is 2.28. The van der Waals surface area contributed by atoms with Crippen LogP contribution in [0.25, 0.3) is 5.57 Å². The molecule has 2 aliphatic carbocycles. The standard InChI is InChI=1S/C25H34ClF/c1-2-3-4-5-6-7-19-8-10-20(11-9-19)21-12-14-22(15-13-21)23-16-17-24(26)25(27)18-23/h12,14-21H,2-11,13H2,1H3. The van der Waals surface area contributed by atoms with Gasteiger partial charge >= 0.3 is 0 Å². The van der Waals surface area contributed by atoms with Crippen molar-refractivity contribution < 1.29 is 4.39 Å². The first-order valence-electron chi connectivity index (χ1n) is 11.0. The average Bonchev–Trinajstić information content (AvgIpc) is 2.71. The number of halogens is 2. The highest BCUT2D eigenvalue weighted by molar-refractivity contribution is 6.30. The van der Waals surface area contributed by atoms with Crippen LogP contribution in [-0.2, 0) is 0 Å². The van der Waals surface area contributed by atoms with E-state index in [0.29, 0.717) is 5.92 Å². The van der Waals surface area contributed by atoms with Crippen LogP contribution < -0.4 is 0 Å². The maximum Gasteiger partial charge on any atom is 0.142 e. The molecule has 1 atom stereocenters. The highest BCUT2D eigenvalue weighted by atomic mass is 35.5. The van der Waals surface area contributed by atoms with Gasteiger partial charge in [0.05, 0.1) is 5.02 Å². The molecule has 1 saturated carbocycles. The Morgan fingerprint density at radius 3 is 2.48 bits per heavy atom. The predicted octanol–water partition coefficient (Wildman–Crippen LogP) is 8.61. The molecule has 2 aliphatic rings. The van der Waals surface area contributed by atoms with Gasteiger partial charge in [0, 0.05) is 0 Å². The number of allylic oxidation sites excluding steroid dienone is 4. The van der Waals surface area contributed by atoms with E-state index in [1.165, 1.54) is 64.2 Å². The number of rotatable bonds is 8. The van der Waals surface area contributed by atoms with Crippen molar-refractivity contribution in [3.63, 3.8) is 0 Å². The summed E-state index contributed by atoms with van der Waals surface area (Å²) in [6.07, 6.45) is 22.0. The van der Waals surface area contributed by atoms with Gasteiger partial charge in [0.1, 0.15) is 5.82 Å². The lowest BCUT2D eigenvalue weighted by molar-refractivity contribution is 0.218. The van der Waals surface area contributed by atoms with Gasteiger partial charge in [0.15, 0.2) is 0 Å². The Hall–Kier alpha value is -1.08. The molecule has 0 bridgehead atoms. The Morgan fingerprint density at radius 2 is 1.81 bits per heavy atom. The molecule has 0 radical (unpaired) electrons. The van der Waals surface area contributed by atoms with Crippen LogP contribution in [0.2, 0.25) is 5.02 Å². The molecule has 0 amide bonds. The molecule has 2 heteroatoms. The molecule has 0 saturated heterocycles. The Bertz CT molecular complexity index is 652. The highest BCUT2D eigenvalue weighted by Crippen LogP contribution is 2.39. The van der Waals surface area contributed by atoms with E-state index in [9.17, 15) is 4.39 Å². The van der Waals surface area contributed by atoms with Crippen molar-refractivity contribution in [2.75, 3.05) is 0 Å². The van der Waals surface area contributed by atoms with Gasteiger partial charge < -0.3 is 0 Å². The molecular weight excluding hydrogens is 355 g/mol. The highest BCUT2D eigenvalue weighted by Gasteiger charge is 2.26. The van der Waals surface area contributed by atoms with E-state index in [2.05, 4.69) is 25.2 Å². The molecule has 1 fully saturated rings. The fourth-order valence-corrected chi connectivity index (χ4v) is 4.94. The maximum absolute atomic E-state index is 13.7. The topological polar surface area (TPSA) is 0 Å². The van der Waals surface area contributed by atoms with Crippen molar-refractivity contribution in [2.45, 2.75) is 77.6 Å². The number of hydrogen-bond donors (Lipinski definition) is 0. The second-order valence-electron chi connectivity index (χ2n) is 8.53. The minimum atomic E-state index is -0.335. The van der Waals surface area contributed by atoms with Crippen LogP contribution in [0.3, 0.4) is 0 Å². The van der Waals surface area contributed by atoms with E-state index in [1.807, 2.05) is 6.07 Å². The fraction of sp³-hybridized carbons (Fsp3) is 0.600. The third-order valence-corrected chi connectivity index (χ3v) is 6.91. The second kappa shape index (κ2) is 10.5. The lowest BCUT2D eigenvalue weighted by Crippen LogP contribution is -2.21. The molecule has 1 unspecified atom stereocenters. The summed E-state index contributed by atoms with van der Waals surface area (Å²) < 4.78 is 13.7. The number of unbranched alkanes of at least 4 members (excludes halogenated alkanes) is 4. The average molecular weight is 389 g/mol. The lowest BCUT2D eigenvalue weighted by Gasteiger charge is -2.33. The molecular formula is C25H34ClF. The minimum Gasteiger partial charge on any atom is -0.205 e. The summed E-state index contributed by atoms with van der Waals surface area (Å²) in [6, 6.07) is 5.11. The third-order valence-electron chi connectivity index (χ3n) is 6.60. The monoisotopic (exact) mass is 388 g/mol. The van der Waals surface area contributed by atoms with E-state index in [0.717, 1.165) is 29.4 Å². The summed E-state index contributed by atoms with van der Waals surface area (Å²) in [4.78, 5) is 0. The largest absolute Gasteiger partial charge is 0.205 e. The second-order valence-corrected chi connectivity index (χ2v) is 8.94. The van der Waals surface area contributed by atoms with Crippen molar-refractivity contribution in [3.8, 4) is 0 Å². The molecule has 0 aliphatic heterocycles. The summed E-state index contributed by atoms with van der Waals surface area (Å²) >= 11 is 5.80. The molecule has 0 heterocycles. The molecule has 1 aromatic rings. The van der Waals surface area contributed by atoms with Gasteiger partial charge in [-0.25, -0.2) is 4.39 Å². The third kappa shape index (κ3) is 5.95. The van der Waals surface area contributed by atoms with Gasteiger partial charge in [-0.1, -0.05) is 94.2 Å². The molecule has 27 heavy (non-hydrogen) atoms. The van der Waals surface area contributed by atoms with Gasteiger partial charge in [-0.3, -0.25) is 0 Å². The molecule has 1 aromatic carbocycles. The molecule has 0 nitrogen and oxygen atoms in total. The molecule has 3 rings (SSSR count). The first-order chi connectivity index (χ1) is 13.2. The van der Waals surface area contributed by atoms with Crippen LogP contribution in [0.15, 0.2) is 36.4 Å². The Balaban J connectivity index is 1.42. The smallest absolute Gasteiger partial charge is 0.142 e. The summed E-state index contributed by atoms with van der Waals surface area (Å²) in [5, 5.41) is 0.194. The van der Waals surface area contributed by atoms with Gasteiger partial charge in [0.25, 0.3) is 0 Å². The van der Waals surface area contributed by atoms with Crippen molar-refractivity contribution in [2.24, 2.45) is 17.8 Å². The SMILES string of the molecule is CCCCCCCC1CCC(C2C=CC(c3ccc(Cl)c(F)c3)=CC2)CC1. The quantitative estimate of drug-likeness (QED) is 0.391. The summed E-state index contributed by atoms with van der Waals surface area (Å²) in [5.74, 6) is 2.13.